The monoisotopic (exact) mass is 477 g/mol. The first kappa shape index (κ1) is 23.6. The first-order valence-electron chi connectivity index (χ1n) is 11.1. The molecule has 1 aliphatic carbocycles. The highest BCUT2D eigenvalue weighted by atomic mass is 32.2. The quantitative estimate of drug-likeness (QED) is 0.641. The number of benzene rings is 2. The van der Waals surface area contributed by atoms with Crippen molar-refractivity contribution in [2.24, 2.45) is 5.41 Å². The second-order valence-electron chi connectivity index (χ2n) is 9.28. The highest BCUT2D eigenvalue weighted by molar-refractivity contribution is 7.88. The van der Waals surface area contributed by atoms with Gasteiger partial charge in [-0.3, -0.25) is 0 Å². The summed E-state index contributed by atoms with van der Waals surface area (Å²) in [7, 11) is -3.56. The van der Waals surface area contributed by atoms with Crippen LogP contribution in [0.4, 0.5) is 13.6 Å². The van der Waals surface area contributed by atoms with Crippen LogP contribution in [0.5, 0.6) is 0 Å². The van der Waals surface area contributed by atoms with Crippen molar-refractivity contribution in [3.8, 4) is 11.1 Å². The Kier molecular flexibility index (Phi) is 6.46. The molecule has 1 saturated carbocycles. The van der Waals surface area contributed by atoms with E-state index in [2.05, 4.69) is 10.0 Å². The Morgan fingerprint density at radius 3 is 2.48 bits per heavy atom. The van der Waals surface area contributed by atoms with E-state index in [1.807, 2.05) is 30.3 Å². The molecule has 33 heavy (non-hydrogen) atoms. The second-order valence-corrected chi connectivity index (χ2v) is 11.1. The molecule has 0 unspecified atom stereocenters. The van der Waals surface area contributed by atoms with Gasteiger partial charge < -0.3 is 10.2 Å². The molecule has 0 bridgehead atoms. The molecule has 4 rings (SSSR count). The van der Waals surface area contributed by atoms with Crippen molar-refractivity contribution < 1.29 is 22.0 Å². The van der Waals surface area contributed by atoms with Crippen LogP contribution in [0.2, 0.25) is 0 Å². The predicted octanol–water partition coefficient (Wildman–Crippen LogP) is 3.49. The van der Waals surface area contributed by atoms with Gasteiger partial charge in [0.2, 0.25) is 10.0 Å². The van der Waals surface area contributed by atoms with Gasteiger partial charge in [0.1, 0.15) is 12.5 Å². The fourth-order valence-electron chi connectivity index (χ4n) is 4.79. The van der Waals surface area contributed by atoms with Crippen molar-refractivity contribution in [3.05, 3.63) is 59.9 Å². The largest absolute Gasteiger partial charge is 0.333 e. The Balaban J connectivity index is 1.69. The molecule has 2 aromatic carbocycles. The third kappa shape index (κ3) is 5.04. The number of sulfonamides is 1. The van der Waals surface area contributed by atoms with Crippen LogP contribution in [-0.2, 0) is 16.4 Å². The zero-order valence-electron chi connectivity index (χ0n) is 18.7. The van der Waals surface area contributed by atoms with E-state index in [1.54, 1.807) is 30.0 Å². The molecular formula is C24H29F2N3O3S. The van der Waals surface area contributed by atoms with Gasteiger partial charge in [-0.2, -0.15) is 0 Å². The highest BCUT2D eigenvalue weighted by Gasteiger charge is 2.61. The normalized spacial score (nSPS) is 22.4. The minimum atomic E-state index is -3.56. The minimum absolute atomic E-state index is 0.138. The Labute approximate surface area is 193 Å². The number of amides is 2. The van der Waals surface area contributed by atoms with Gasteiger partial charge in [0.05, 0.1) is 18.3 Å². The lowest BCUT2D eigenvalue weighted by Crippen LogP contribution is -2.52. The zero-order chi connectivity index (χ0) is 23.8. The molecule has 178 valence electrons. The summed E-state index contributed by atoms with van der Waals surface area (Å²) in [6.07, 6.45) is 2.76. The van der Waals surface area contributed by atoms with Crippen LogP contribution in [0.25, 0.3) is 11.1 Å². The summed E-state index contributed by atoms with van der Waals surface area (Å²) in [6, 6.07) is 12.0. The molecule has 2 N–H and O–H groups in total. The molecule has 0 aromatic heterocycles. The van der Waals surface area contributed by atoms with E-state index in [0.717, 1.165) is 24.7 Å². The van der Waals surface area contributed by atoms with E-state index in [0.29, 0.717) is 17.7 Å². The van der Waals surface area contributed by atoms with Gasteiger partial charge in [-0.25, -0.2) is 26.7 Å². The molecule has 1 spiro atoms. The van der Waals surface area contributed by atoms with Crippen molar-refractivity contribution in [2.75, 3.05) is 19.5 Å². The number of carbonyl (C=O) groups excluding carboxylic acids is 1. The van der Waals surface area contributed by atoms with E-state index in [4.69, 9.17) is 0 Å². The van der Waals surface area contributed by atoms with Gasteiger partial charge in [0, 0.05) is 23.6 Å². The fourth-order valence-corrected chi connectivity index (χ4v) is 5.66. The lowest BCUT2D eigenvalue weighted by Gasteiger charge is -2.30. The second kappa shape index (κ2) is 9.02. The van der Waals surface area contributed by atoms with E-state index >= 15 is 4.39 Å². The van der Waals surface area contributed by atoms with Gasteiger partial charge in [0.25, 0.3) is 0 Å². The molecule has 1 heterocycles. The molecule has 1 saturated heterocycles. The molecule has 6 nitrogen and oxygen atoms in total. The van der Waals surface area contributed by atoms with Crippen molar-refractivity contribution in [2.45, 2.75) is 44.3 Å². The van der Waals surface area contributed by atoms with Crippen LogP contribution >= 0.6 is 0 Å². The number of alkyl halides is 1. The molecular weight excluding hydrogens is 448 g/mol. The maximum Gasteiger partial charge on any atom is 0.318 e. The number of urea groups is 1. The summed E-state index contributed by atoms with van der Waals surface area (Å²) in [5, 5.41) is 2.63. The van der Waals surface area contributed by atoms with Gasteiger partial charge in [-0.1, -0.05) is 48.5 Å². The fraction of sp³-hybridized carbons (Fsp3) is 0.458. The average molecular weight is 478 g/mol. The number of hydrogen-bond donors (Lipinski definition) is 2. The molecule has 2 aromatic rings. The number of hydrogen-bond acceptors (Lipinski definition) is 3. The maximum absolute atomic E-state index is 15.6. The summed E-state index contributed by atoms with van der Waals surface area (Å²) >= 11 is 0. The zero-order valence-corrected chi connectivity index (χ0v) is 19.5. The summed E-state index contributed by atoms with van der Waals surface area (Å²) in [5.74, 6) is -0.393. The molecule has 2 fully saturated rings. The predicted molar refractivity (Wildman–Crippen MR) is 123 cm³/mol. The van der Waals surface area contributed by atoms with Crippen molar-refractivity contribution >= 4 is 16.1 Å². The van der Waals surface area contributed by atoms with Gasteiger partial charge >= 0.3 is 6.03 Å². The van der Waals surface area contributed by atoms with E-state index in [9.17, 15) is 17.6 Å². The topological polar surface area (TPSA) is 78.5 Å². The van der Waals surface area contributed by atoms with Crippen LogP contribution in [0, 0.1) is 11.2 Å². The third-order valence-corrected chi connectivity index (χ3v) is 7.30. The molecule has 2 amide bonds. The number of carbonyl (C=O) groups is 1. The van der Waals surface area contributed by atoms with E-state index < -0.39 is 46.7 Å². The lowest BCUT2D eigenvalue weighted by atomic mass is 9.91. The summed E-state index contributed by atoms with van der Waals surface area (Å²) in [6.45, 7) is 1.19. The van der Waals surface area contributed by atoms with Crippen molar-refractivity contribution in [3.63, 3.8) is 0 Å². The third-order valence-electron chi connectivity index (χ3n) is 6.62. The van der Waals surface area contributed by atoms with E-state index in [-0.39, 0.29) is 11.8 Å². The van der Waals surface area contributed by atoms with Crippen molar-refractivity contribution in [1.29, 1.82) is 0 Å². The standard InChI is InChI=1S/C24H29F2N3O3S/c1-16(14-25)27-23(30)29-15-24(11-12-24)22(28-33(2,31)32)20(29)13-18-9-6-10-19(21(18)26)17-7-4-3-5-8-17/h3-10,16,20,22,28H,11-15H2,1-2H3,(H,27,30)/t16-,20+,22-/m1/s1. The summed E-state index contributed by atoms with van der Waals surface area (Å²) in [5.41, 5.74) is 1.20. The summed E-state index contributed by atoms with van der Waals surface area (Å²) in [4.78, 5) is 14.5. The first-order chi connectivity index (χ1) is 15.6. The Hall–Kier alpha value is -2.52. The molecule has 3 atom stereocenters. The Morgan fingerprint density at radius 2 is 1.88 bits per heavy atom. The highest BCUT2D eigenvalue weighted by Crippen LogP contribution is 2.55. The molecule has 2 aliphatic rings. The summed E-state index contributed by atoms with van der Waals surface area (Å²) < 4.78 is 55.6. The van der Waals surface area contributed by atoms with Gasteiger partial charge in [-0.05, 0) is 37.3 Å². The van der Waals surface area contributed by atoms with Crippen LogP contribution in [0.1, 0.15) is 25.3 Å². The number of likely N-dealkylation sites (tertiary alicyclic amines) is 1. The van der Waals surface area contributed by atoms with Gasteiger partial charge in [-0.15, -0.1) is 0 Å². The van der Waals surface area contributed by atoms with Crippen LogP contribution in [0.3, 0.4) is 0 Å². The van der Waals surface area contributed by atoms with E-state index in [1.165, 1.54) is 0 Å². The number of halogens is 2. The smallest absolute Gasteiger partial charge is 0.318 e. The number of rotatable bonds is 7. The maximum atomic E-state index is 15.6. The molecule has 0 radical (unpaired) electrons. The average Bonchev–Trinajstić information content (AvgIpc) is 3.50. The number of nitrogens with zero attached hydrogens (tertiary/aromatic N) is 1. The van der Waals surface area contributed by atoms with Crippen molar-refractivity contribution in [1.82, 2.24) is 14.9 Å². The van der Waals surface area contributed by atoms with Crippen LogP contribution in [0.15, 0.2) is 48.5 Å². The Bertz CT molecular complexity index is 1120. The van der Waals surface area contributed by atoms with Gasteiger partial charge in [0.15, 0.2) is 0 Å². The van der Waals surface area contributed by atoms with Crippen LogP contribution < -0.4 is 10.0 Å². The Morgan fingerprint density at radius 1 is 1.18 bits per heavy atom. The molecule has 1 aliphatic heterocycles. The lowest BCUT2D eigenvalue weighted by molar-refractivity contribution is 0.183. The number of nitrogens with one attached hydrogen (secondary N) is 2. The van der Waals surface area contributed by atoms with Crippen LogP contribution in [-0.4, -0.2) is 56.9 Å². The first-order valence-corrected chi connectivity index (χ1v) is 13.0. The SMILES string of the molecule is C[C@H](CF)NC(=O)N1CC2(CC2)[C@H](NS(C)(=O)=O)[C@@H]1Cc1cccc(-c2ccccc2)c1F. The minimum Gasteiger partial charge on any atom is -0.333 e. The molecule has 9 heteroatoms.